The van der Waals surface area contributed by atoms with Gasteiger partial charge in [-0.05, 0) is 17.3 Å². The Morgan fingerprint density at radius 2 is 2.06 bits per heavy atom. The highest BCUT2D eigenvalue weighted by atomic mass is 16.5. The molecule has 0 radical (unpaired) electrons. The zero-order chi connectivity index (χ0) is 12.4. The van der Waals surface area contributed by atoms with Crippen LogP contribution in [-0.4, -0.2) is 41.4 Å². The summed E-state index contributed by atoms with van der Waals surface area (Å²) in [5.74, 6) is 1.50. The lowest BCUT2D eigenvalue weighted by atomic mass is 10.3. The molecule has 18 heavy (non-hydrogen) atoms. The molecule has 3 heterocycles. The minimum atomic E-state index is 0.448. The van der Waals surface area contributed by atoms with Crippen molar-refractivity contribution < 1.29 is 9.26 Å². The van der Waals surface area contributed by atoms with Crippen LogP contribution in [0.15, 0.2) is 22.9 Å². The van der Waals surface area contributed by atoms with Crippen LogP contribution in [0.2, 0.25) is 0 Å². The van der Waals surface area contributed by atoms with Gasteiger partial charge in [0.1, 0.15) is 5.82 Å². The van der Waals surface area contributed by atoms with Crippen LogP contribution in [0.3, 0.4) is 0 Å². The number of morpholine rings is 1. The maximum Gasteiger partial charge on any atom is 0.266 e. The molecule has 1 fully saturated rings. The van der Waals surface area contributed by atoms with Crippen molar-refractivity contribution in [3.63, 3.8) is 0 Å². The summed E-state index contributed by atoms with van der Waals surface area (Å²) in [5.41, 5.74) is 6.29. The van der Waals surface area contributed by atoms with Crippen LogP contribution in [-0.2, 0) is 4.74 Å². The van der Waals surface area contributed by atoms with E-state index in [-0.39, 0.29) is 0 Å². The summed E-state index contributed by atoms with van der Waals surface area (Å²) in [6.07, 6.45) is 1.62. The van der Waals surface area contributed by atoms with Gasteiger partial charge in [0.2, 0.25) is 0 Å². The van der Waals surface area contributed by atoms with E-state index in [0.29, 0.717) is 30.9 Å². The standard InChI is InChI=1S/C11H13N5O2/c12-9-2-1-8(7-13-9)10-14-11(15-18-10)16-3-5-17-6-4-16/h1-2,7H,3-6H2,(H2,12,13). The number of ether oxygens (including phenoxy) is 1. The van der Waals surface area contributed by atoms with Crippen LogP contribution in [0.25, 0.3) is 11.5 Å². The highest BCUT2D eigenvalue weighted by Gasteiger charge is 2.17. The van der Waals surface area contributed by atoms with Gasteiger partial charge in [-0.2, -0.15) is 4.98 Å². The molecule has 0 amide bonds. The number of rotatable bonds is 2. The third-order valence-electron chi connectivity index (χ3n) is 2.74. The fraction of sp³-hybridized carbons (Fsp3) is 0.364. The summed E-state index contributed by atoms with van der Waals surface area (Å²) in [6, 6.07) is 3.51. The predicted molar refractivity (Wildman–Crippen MR) is 65.0 cm³/mol. The van der Waals surface area contributed by atoms with E-state index in [1.54, 1.807) is 18.3 Å². The second kappa shape index (κ2) is 4.61. The van der Waals surface area contributed by atoms with E-state index in [4.69, 9.17) is 15.0 Å². The number of nitrogen functional groups attached to an aromatic ring is 1. The SMILES string of the molecule is Nc1ccc(-c2nc(N3CCOCC3)no2)cn1. The van der Waals surface area contributed by atoms with E-state index in [9.17, 15) is 0 Å². The second-order valence-electron chi connectivity index (χ2n) is 3.97. The van der Waals surface area contributed by atoms with Crippen molar-refractivity contribution in [1.82, 2.24) is 15.1 Å². The molecule has 7 heteroatoms. The average Bonchev–Trinajstić information content (AvgIpc) is 2.90. The third-order valence-corrected chi connectivity index (χ3v) is 2.74. The maximum absolute atomic E-state index is 5.53. The van der Waals surface area contributed by atoms with Gasteiger partial charge in [-0.1, -0.05) is 0 Å². The summed E-state index contributed by atoms with van der Waals surface area (Å²) in [4.78, 5) is 10.4. The summed E-state index contributed by atoms with van der Waals surface area (Å²) in [7, 11) is 0. The first kappa shape index (κ1) is 11.0. The highest BCUT2D eigenvalue weighted by molar-refractivity contribution is 5.54. The topological polar surface area (TPSA) is 90.3 Å². The lowest BCUT2D eigenvalue weighted by Gasteiger charge is -2.24. The van der Waals surface area contributed by atoms with Gasteiger partial charge in [0.15, 0.2) is 0 Å². The smallest absolute Gasteiger partial charge is 0.266 e. The monoisotopic (exact) mass is 247 g/mol. The molecule has 2 aromatic rings. The number of aromatic nitrogens is 3. The summed E-state index contributed by atoms with van der Waals surface area (Å²) < 4.78 is 10.5. The first-order chi connectivity index (χ1) is 8.83. The molecule has 7 nitrogen and oxygen atoms in total. The lowest BCUT2D eigenvalue weighted by Crippen LogP contribution is -2.36. The van der Waals surface area contributed by atoms with Gasteiger partial charge in [0.25, 0.3) is 11.8 Å². The van der Waals surface area contributed by atoms with Crippen LogP contribution >= 0.6 is 0 Å². The van der Waals surface area contributed by atoms with Crippen LogP contribution in [0.4, 0.5) is 11.8 Å². The van der Waals surface area contributed by atoms with Crippen molar-refractivity contribution in [2.45, 2.75) is 0 Å². The zero-order valence-corrected chi connectivity index (χ0v) is 9.74. The molecule has 3 rings (SSSR count). The second-order valence-corrected chi connectivity index (χ2v) is 3.97. The predicted octanol–water partition coefficient (Wildman–Crippen LogP) is 0.550. The molecule has 0 unspecified atom stereocenters. The van der Waals surface area contributed by atoms with Crippen molar-refractivity contribution in [2.24, 2.45) is 0 Å². The van der Waals surface area contributed by atoms with Gasteiger partial charge >= 0.3 is 0 Å². The van der Waals surface area contributed by atoms with E-state index < -0.39 is 0 Å². The highest BCUT2D eigenvalue weighted by Crippen LogP contribution is 2.20. The number of hydrogen-bond acceptors (Lipinski definition) is 7. The first-order valence-corrected chi connectivity index (χ1v) is 5.71. The Kier molecular flexibility index (Phi) is 2.81. The minimum Gasteiger partial charge on any atom is -0.384 e. The number of nitrogens with zero attached hydrogens (tertiary/aromatic N) is 4. The average molecular weight is 247 g/mol. The largest absolute Gasteiger partial charge is 0.384 e. The van der Waals surface area contributed by atoms with Crippen LogP contribution in [0.5, 0.6) is 0 Å². The number of nitrogens with two attached hydrogens (primary N) is 1. The molecule has 2 aromatic heterocycles. The van der Waals surface area contributed by atoms with Crippen molar-refractivity contribution in [2.75, 3.05) is 36.9 Å². The van der Waals surface area contributed by atoms with Crippen molar-refractivity contribution in [3.05, 3.63) is 18.3 Å². The van der Waals surface area contributed by atoms with Gasteiger partial charge in [-0.3, -0.25) is 0 Å². The van der Waals surface area contributed by atoms with Crippen LogP contribution in [0, 0.1) is 0 Å². The Balaban J connectivity index is 1.82. The Morgan fingerprint density at radius 1 is 1.22 bits per heavy atom. The molecule has 1 aliphatic rings. The normalized spacial score (nSPS) is 15.9. The van der Waals surface area contributed by atoms with Crippen LogP contribution in [0.1, 0.15) is 0 Å². The molecule has 0 saturated carbocycles. The molecule has 2 N–H and O–H groups in total. The lowest BCUT2D eigenvalue weighted by molar-refractivity contribution is 0.121. The molecule has 0 atom stereocenters. The molecule has 94 valence electrons. The molecular formula is C11H13N5O2. The molecule has 0 aromatic carbocycles. The summed E-state index contributed by atoms with van der Waals surface area (Å²) in [5, 5.41) is 3.96. The minimum absolute atomic E-state index is 0.448. The third kappa shape index (κ3) is 2.12. The first-order valence-electron chi connectivity index (χ1n) is 5.71. The molecule has 0 aliphatic carbocycles. The van der Waals surface area contributed by atoms with Gasteiger partial charge in [0, 0.05) is 19.3 Å². The Labute approximate surface area is 104 Å². The quantitative estimate of drug-likeness (QED) is 0.828. The summed E-state index contributed by atoms with van der Waals surface area (Å²) in [6.45, 7) is 2.93. The van der Waals surface area contributed by atoms with E-state index in [2.05, 4.69) is 15.1 Å². The molecule has 1 saturated heterocycles. The van der Waals surface area contributed by atoms with Gasteiger partial charge in [-0.25, -0.2) is 4.98 Å². The maximum atomic E-state index is 5.53. The Hall–Kier alpha value is -2.15. The van der Waals surface area contributed by atoms with Crippen molar-refractivity contribution in [3.8, 4) is 11.5 Å². The van der Waals surface area contributed by atoms with E-state index in [1.807, 2.05) is 4.90 Å². The Morgan fingerprint density at radius 3 is 2.78 bits per heavy atom. The molecular weight excluding hydrogens is 234 g/mol. The van der Waals surface area contributed by atoms with E-state index >= 15 is 0 Å². The molecule has 0 spiro atoms. The van der Waals surface area contributed by atoms with Gasteiger partial charge in [-0.15, -0.1) is 0 Å². The van der Waals surface area contributed by atoms with Gasteiger partial charge in [0.05, 0.1) is 18.8 Å². The number of anilines is 2. The summed E-state index contributed by atoms with van der Waals surface area (Å²) >= 11 is 0. The van der Waals surface area contributed by atoms with Crippen molar-refractivity contribution >= 4 is 11.8 Å². The fourth-order valence-electron chi connectivity index (χ4n) is 1.76. The van der Waals surface area contributed by atoms with E-state index in [0.717, 1.165) is 18.7 Å². The van der Waals surface area contributed by atoms with Crippen LogP contribution < -0.4 is 10.6 Å². The number of hydrogen-bond donors (Lipinski definition) is 1. The zero-order valence-electron chi connectivity index (χ0n) is 9.74. The molecule has 1 aliphatic heterocycles. The van der Waals surface area contributed by atoms with E-state index in [1.165, 1.54) is 0 Å². The number of pyridine rings is 1. The van der Waals surface area contributed by atoms with Crippen molar-refractivity contribution in [1.29, 1.82) is 0 Å². The van der Waals surface area contributed by atoms with Gasteiger partial charge < -0.3 is 19.9 Å². The Bertz CT molecular complexity index is 518. The fourth-order valence-corrected chi connectivity index (χ4v) is 1.76. The molecule has 0 bridgehead atoms.